The monoisotopic (exact) mass is 485 g/mol. The zero-order valence-corrected chi connectivity index (χ0v) is 21.7. The molecule has 3 aromatic rings. The highest BCUT2D eigenvalue weighted by molar-refractivity contribution is 6.30. The van der Waals surface area contributed by atoms with Crippen molar-refractivity contribution in [1.29, 1.82) is 0 Å². The van der Waals surface area contributed by atoms with Crippen LogP contribution < -0.4 is 4.74 Å². The fourth-order valence-corrected chi connectivity index (χ4v) is 3.64. The molecule has 6 nitrogen and oxygen atoms in total. The summed E-state index contributed by atoms with van der Waals surface area (Å²) in [6.07, 6.45) is -0.605. The van der Waals surface area contributed by atoms with Crippen molar-refractivity contribution >= 4 is 11.6 Å². The smallest absolute Gasteiger partial charge is 0.227 e. The second-order valence-corrected chi connectivity index (χ2v) is 10.2. The van der Waals surface area contributed by atoms with E-state index in [0.29, 0.717) is 29.7 Å². The van der Waals surface area contributed by atoms with Crippen molar-refractivity contribution in [3.63, 3.8) is 0 Å². The molecule has 7 heteroatoms. The summed E-state index contributed by atoms with van der Waals surface area (Å²) >= 11 is 6.07. The fourth-order valence-electron chi connectivity index (χ4n) is 3.51. The third kappa shape index (κ3) is 7.31. The second kappa shape index (κ2) is 11.4. The molecule has 0 unspecified atom stereocenters. The van der Waals surface area contributed by atoms with Gasteiger partial charge in [-0.3, -0.25) is 4.90 Å². The summed E-state index contributed by atoms with van der Waals surface area (Å²) < 4.78 is 14.0. The van der Waals surface area contributed by atoms with Crippen molar-refractivity contribution in [3.8, 4) is 17.3 Å². The first kappa shape index (κ1) is 26.2. The average Bonchev–Trinajstić information content (AvgIpc) is 3.08. The number of aliphatic hydroxyl groups is 1. The van der Waals surface area contributed by atoms with Crippen molar-refractivity contribution in [2.45, 2.75) is 65.8 Å². The SMILES string of the molecule is Cc1nn(-c2ccccc2)c(Oc2ccc(Cl)cc2)c1CN(C[C@H](O)COC(C)(C)C)C(C)C. The highest BCUT2D eigenvalue weighted by Crippen LogP contribution is 2.32. The molecule has 0 aliphatic heterocycles. The second-order valence-electron chi connectivity index (χ2n) is 9.77. The molecular formula is C27H36ClN3O3. The van der Waals surface area contributed by atoms with Gasteiger partial charge in [0.1, 0.15) is 5.75 Å². The maximum Gasteiger partial charge on any atom is 0.227 e. The minimum atomic E-state index is -0.605. The Kier molecular flexibility index (Phi) is 8.77. The first-order chi connectivity index (χ1) is 16.0. The number of hydrogen-bond donors (Lipinski definition) is 1. The van der Waals surface area contributed by atoms with E-state index in [1.54, 1.807) is 12.1 Å². The Morgan fingerprint density at radius 2 is 1.71 bits per heavy atom. The maximum absolute atomic E-state index is 10.7. The van der Waals surface area contributed by atoms with Crippen LogP contribution in [0.3, 0.4) is 0 Å². The van der Waals surface area contributed by atoms with Gasteiger partial charge in [0.25, 0.3) is 0 Å². The number of aromatic nitrogens is 2. The summed E-state index contributed by atoms with van der Waals surface area (Å²) in [6.45, 7) is 13.5. The molecule has 3 rings (SSSR count). The third-order valence-electron chi connectivity index (χ3n) is 5.41. The Balaban J connectivity index is 1.92. The standard InChI is InChI=1S/C27H36ClN3O3/c1-19(2)30(16-23(32)18-33-27(4,5)6)17-25-20(3)29-31(22-10-8-7-9-11-22)26(25)34-24-14-12-21(28)13-15-24/h7-15,19,23,32H,16-18H2,1-6H3/t23-/m0/s1. The van der Waals surface area contributed by atoms with Crippen LogP contribution in [0.1, 0.15) is 45.9 Å². The summed E-state index contributed by atoms with van der Waals surface area (Å²) in [5, 5.41) is 16.1. The third-order valence-corrected chi connectivity index (χ3v) is 5.66. The largest absolute Gasteiger partial charge is 0.439 e. The van der Waals surface area contributed by atoms with Gasteiger partial charge in [-0.25, -0.2) is 4.68 Å². The lowest BCUT2D eigenvalue weighted by Crippen LogP contribution is -2.40. The molecule has 0 fully saturated rings. The molecule has 1 N–H and O–H groups in total. The number of hydrogen-bond acceptors (Lipinski definition) is 5. The summed E-state index contributed by atoms with van der Waals surface area (Å²) in [5.74, 6) is 1.33. The van der Waals surface area contributed by atoms with Gasteiger partial charge < -0.3 is 14.6 Å². The van der Waals surface area contributed by atoms with E-state index in [1.165, 1.54) is 0 Å². The predicted octanol–water partition coefficient (Wildman–Crippen LogP) is 6.01. The summed E-state index contributed by atoms with van der Waals surface area (Å²) in [7, 11) is 0. The molecule has 0 saturated carbocycles. The first-order valence-corrected chi connectivity index (χ1v) is 12.0. The van der Waals surface area contributed by atoms with Crippen LogP contribution in [0.2, 0.25) is 5.02 Å². The van der Waals surface area contributed by atoms with E-state index in [-0.39, 0.29) is 18.2 Å². The molecule has 184 valence electrons. The van der Waals surface area contributed by atoms with Gasteiger partial charge in [0.05, 0.1) is 35.3 Å². The van der Waals surface area contributed by atoms with E-state index in [2.05, 4.69) is 18.7 Å². The van der Waals surface area contributed by atoms with Gasteiger partial charge in [0, 0.05) is 24.2 Å². The van der Waals surface area contributed by atoms with Gasteiger partial charge in [-0.2, -0.15) is 5.10 Å². The molecule has 34 heavy (non-hydrogen) atoms. The van der Waals surface area contributed by atoms with E-state index in [1.807, 2.05) is 74.8 Å². The van der Waals surface area contributed by atoms with Gasteiger partial charge in [-0.05, 0) is 77.9 Å². The minimum Gasteiger partial charge on any atom is -0.439 e. The average molecular weight is 486 g/mol. The van der Waals surface area contributed by atoms with Gasteiger partial charge in [0.15, 0.2) is 0 Å². The molecule has 0 spiro atoms. The minimum absolute atomic E-state index is 0.201. The van der Waals surface area contributed by atoms with Crippen LogP contribution >= 0.6 is 11.6 Å². The highest BCUT2D eigenvalue weighted by Gasteiger charge is 2.24. The van der Waals surface area contributed by atoms with E-state index in [9.17, 15) is 5.11 Å². The Morgan fingerprint density at radius 3 is 2.29 bits per heavy atom. The van der Waals surface area contributed by atoms with Gasteiger partial charge in [-0.1, -0.05) is 29.8 Å². The lowest BCUT2D eigenvalue weighted by Gasteiger charge is -2.30. The zero-order chi connectivity index (χ0) is 24.9. The molecule has 1 aromatic heterocycles. The molecular weight excluding hydrogens is 450 g/mol. The van der Waals surface area contributed by atoms with E-state index in [0.717, 1.165) is 16.9 Å². The predicted molar refractivity (Wildman–Crippen MR) is 137 cm³/mol. The Hall–Kier alpha value is -2.38. The highest BCUT2D eigenvalue weighted by atomic mass is 35.5. The molecule has 2 aromatic carbocycles. The molecule has 1 heterocycles. The van der Waals surface area contributed by atoms with Crippen molar-refractivity contribution in [3.05, 3.63) is 70.9 Å². The first-order valence-electron chi connectivity index (χ1n) is 11.7. The molecule has 0 amide bonds. The molecule has 0 aliphatic rings. The number of nitrogens with zero attached hydrogens (tertiary/aromatic N) is 3. The van der Waals surface area contributed by atoms with E-state index >= 15 is 0 Å². The number of rotatable bonds is 10. The number of para-hydroxylation sites is 1. The number of halogens is 1. The van der Waals surface area contributed by atoms with Crippen LogP contribution in [-0.4, -0.2) is 50.7 Å². The summed E-state index contributed by atoms with van der Waals surface area (Å²) in [4.78, 5) is 2.21. The van der Waals surface area contributed by atoms with Crippen LogP contribution in [0.25, 0.3) is 5.69 Å². The van der Waals surface area contributed by atoms with Crippen molar-refractivity contribution in [2.24, 2.45) is 0 Å². The maximum atomic E-state index is 10.7. The lowest BCUT2D eigenvalue weighted by atomic mass is 10.1. The van der Waals surface area contributed by atoms with Crippen LogP contribution in [0.5, 0.6) is 11.6 Å². The Morgan fingerprint density at radius 1 is 1.06 bits per heavy atom. The van der Waals surface area contributed by atoms with Gasteiger partial charge in [0.2, 0.25) is 5.88 Å². The Bertz CT molecular complexity index is 1040. The van der Waals surface area contributed by atoms with Crippen molar-refractivity contribution < 1.29 is 14.6 Å². The quantitative estimate of drug-likeness (QED) is 0.381. The Labute approximate surface area is 208 Å². The summed E-state index contributed by atoms with van der Waals surface area (Å²) in [5.41, 5.74) is 2.46. The topological polar surface area (TPSA) is 59.8 Å². The van der Waals surface area contributed by atoms with Gasteiger partial charge >= 0.3 is 0 Å². The van der Waals surface area contributed by atoms with Crippen LogP contribution in [0, 0.1) is 6.92 Å². The molecule has 0 radical (unpaired) electrons. The number of aryl methyl sites for hydroxylation is 1. The number of aliphatic hydroxyl groups excluding tert-OH is 1. The van der Waals surface area contributed by atoms with Crippen LogP contribution in [-0.2, 0) is 11.3 Å². The van der Waals surface area contributed by atoms with Crippen LogP contribution in [0.4, 0.5) is 0 Å². The van der Waals surface area contributed by atoms with E-state index in [4.69, 9.17) is 26.2 Å². The normalized spacial score (nSPS) is 13.0. The fraction of sp³-hybridized carbons (Fsp3) is 0.444. The van der Waals surface area contributed by atoms with Crippen molar-refractivity contribution in [2.75, 3.05) is 13.2 Å². The van der Waals surface area contributed by atoms with Crippen molar-refractivity contribution in [1.82, 2.24) is 14.7 Å². The van der Waals surface area contributed by atoms with Crippen LogP contribution in [0.15, 0.2) is 54.6 Å². The number of ether oxygens (including phenoxy) is 2. The zero-order valence-electron chi connectivity index (χ0n) is 21.0. The number of benzene rings is 2. The molecule has 1 atom stereocenters. The lowest BCUT2D eigenvalue weighted by molar-refractivity contribution is -0.0587. The molecule has 0 aliphatic carbocycles. The summed E-state index contributed by atoms with van der Waals surface area (Å²) in [6, 6.07) is 17.4. The van der Waals surface area contributed by atoms with E-state index < -0.39 is 6.10 Å². The molecule has 0 saturated heterocycles. The molecule has 0 bridgehead atoms. The van der Waals surface area contributed by atoms with Gasteiger partial charge in [-0.15, -0.1) is 0 Å².